The normalized spacial score (nSPS) is 21.9. The molecule has 70 heavy (non-hydrogen) atoms. The van der Waals surface area contributed by atoms with Crippen LogP contribution in [0.15, 0.2) is 72.9 Å². The van der Waals surface area contributed by atoms with Gasteiger partial charge >= 0.3 is 18.1 Å². The third kappa shape index (κ3) is 15.0. The van der Waals surface area contributed by atoms with E-state index >= 15 is 4.79 Å². The molecule has 2 aromatic carbocycles. The lowest BCUT2D eigenvalue weighted by Gasteiger charge is -2.45. The number of ether oxygens (including phenoxy) is 4. The van der Waals surface area contributed by atoms with Gasteiger partial charge in [0.25, 0.3) is 11.8 Å². The molecule has 0 bridgehead atoms. The number of allylic oxidation sites excluding steroid dienone is 2. The number of carbonyl (C=O) groups is 6. The van der Waals surface area contributed by atoms with Gasteiger partial charge in [-0.3, -0.25) is 28.9 Å². The highest BCUT2D eigenvalue weighted by molar-refractivity contribution is 7.18. The molecule has 16 heteroatoms. The first-order valence-electron chi connectivity index (χ1n) is 24.3. The third-order valence-electron chi connectivity index (χ3n) is 13.8. The number of aromatic nitrogens is 1. The fourth-order valence-corrected chi connectivity index (χ4v) is 11.0. The minimum atomic E-state index is -2.61. The summed E-state index contributed by atoms with van der Waals surface area (Å²) >= 11 is 8.12. The Balaban J connectivity index is 1.32. The van der Waals surface area contributed by atoms with Crippen LogP contribution in [-0.4, -0.2) is 72.6 Å². The molecule has 5 rings (SSSR count). The Morgan fingerprint density at radius 3 is 2.41 bits per heavy atom. The molecule has 0 unspecified atom stereocenters. The van der Waals surface area contributed by atoms with Gasteiger partial charge in [-0.2, -0.15) is 0 Å². The minimum absolute atomic E-state index is 0.110. The van der Waals surface area contributed by atoms with Crippen LogP contribution in [-0.2, 0) is 49.2 Å². The highest BCUT2D eigenvalue weighted by atomic mass is 35.5. The first kappa shape index (κ1) is 56.0. The molecule has 0 saturated carbocycles. The van der Waals surface area contributed by atoms with Gasteiger partial charge in [0.05, 0.1) is 38.7 Å². The van der Waals surface area contributed by atoms with E-state index in [1.165, 1.54) is 29.2 Å². The van der Waals surface area contributed by atoms with E-state index in [1.54, 1.807) is 37.3 Å². The summed E-state index contributed by atoms with van der Waals surface area (Å²) in [6, 6.07) is 10.7. The van der Waals surface area contributed by atoms with Gasteiger partial charge in [0.1, 0.15) is 30.3 Å². The van der Waals surface area contributed by atoms with E-state index in [9.17, 15) is 24.0 Å². The van der Waals surface area contributed by atoms with Crippen LogP contribution in [0.5, 0.6) is 5.75 Å². The molecule has 0 fully saturated rings. The maximum absolute atomic E-state index is 15.3. The number of unbranched alkanes of at least 4 members (excludes halogenated alkanes) is 2. The van der Waals surface area contributed by atoms with Gasteiger partial charge in [0, 0.05) is 37.0 Å². The zero-order valence-electron chi connectivity index (χ0n) is 42.5. The van der Waals surface area contributed by atoms with Crippen molar-refractivity contribution in [3.63, 3.8) is 0 Å². The molecule has 1 aromatic heterocycles. The van der Waals surface area contributed by atoms with Crippen molar-refractivity contribution >= 4 is 77.2 Å². The average Bonchev–Trinajstić information content (AvgIpc) is 3.82. The molecular weight excluding hydrogens is 948 g/mol. The van der Waals surface area contributed by atoms with Crippen LogP contribution in [0.3, 0.4) is 0 Å². The lowest BCUT2D eigenvalue weighted by atomic mass is 9.71. The van der Waals surface area contributed by atoms with Gasteiger partial charge in [-0.15, -0.1) is 17.9 Å². The van der Waals surface area contributed by atoms with Gasteiger partial charge < -0.3 is 23.4 Å². The van der Waals surface area contributed by atoms with Crippen LogP contribution in [0.1, 0.15) is 135 Å². The minimum Gasteiger partial charge on any atom is -0.457 e. The van der Waals surface area contributed by atoms with Crippen LogP contribution in [0.25, 0.3) is 10.2 Å². The predicted octanol–water partition coefficient (Wildman–Crippen LogP) is 12.7. The Morgan fingerprint density at radius 1 is 1.03 bits per heavy atom. The molecule has 5 atom stereocenters. The van der Waals surface area contributed by atoms with Gasteiger partial charge in [-0.1, -0.05) is 89.4 Å². The fourth-order valence-electron chi connectivity index (χ4n) is 8.47. The number of amides is 2. The third-order valence-corrected chi connectivity index (χ3v) is 19.5. The largest absolute Gasteiger partial charge is 0.508 e. The number of thiazole rings is 1. The standard InChI is InChI=1S/C54H71ClN2O11SSi/c1-12-17-39-50(67-52(63)64-33-37-22-25-43(40(55)30-37)66-48(60)20-14-13-15-29-57-46(58)27-28-47(57)59)35(3)19-16-18-34(2)21-24-42(38-23-26-44-41(31-38)56-36(4)69-44)65-49(61)32-45(54(8,9)51(39)62)68-70(10,11)53(5,6)7/h12,21-23,25-28,30-31,35,39,42,45,50H,1,13-20,24,29,32-33H2,2-11H3/t35-,39+,42-,45-,50-/m0/s1. The molecule has 13 nitrogen and oxygen atoms in total. The summed E-state index contributed by atoms with van der Waals surface area (Å²) in [5.41, 5.74) is 2.05. The van der Waals surface area contributed by atoms with E-state index in [-0.39, 0.29) is 71.7 Å². The summed E-state index contributed by atoms with van der Waals surface area (Å²) in [6.07, 6.45) is 7.21. The number of cyclic esters (lactones) is 1. The molecular formula is C54H71ClN2O11SSi. The molecule has 3 heterocycles. The number of halogens is 1. The highest BCUT2D eigenvalue weighted by Gasteiger charge is 2.50. The molecule has 2 aliphatic heterocycles. The summed E-state index contributed by atoms with van der Waals surface area (Å²) in [5, 5.41) is 0.836. The number of ketones is 1. The molecule has 380 valence electrons. The number of carbonyl (C=O) groups excluding carboxylic acids is 6. The molecule has 0 N–H and O–H groups in total. The van der Waals surface area contributed by atoms with Crippen LogP contribution in [0, 0.1) is 24.2 Å². The second-order valence-electron chi connectivity index (χ2n) is 20.7. The number of nitrogens with zero attached hydrogens (tertiary/aromatic N) is 2. The smallest absolute Gasteiger partial charge is 0.457 e. The molecule has 0 spiro atoms. The number of rotatable bonds is 15. The predicted molar refractivity (Wildman–Crippen MR) is 275 cm³/mol. The monoisotopic (exact) mass is 1020 g/mol. The van der Waals surface area contributed by atoms with Crippen molar-refractivity contribution in [2.75, 3.05) is 6.54 Å². The van der Waals surface area contributed by atoms with Crippen LogP contribution in [0.4, 0.5) is 4.79 Å². The van der Waals surface area contributed by atoms with Crippen molar-refractivity contribution in [2.45, 2.75) is 163 Å². The van der Waals surface area contributed by atoms with Crippen molar-refractivity contribution in [1.82, 2.24) is 9.88 Å². The molecule has 2 aliphatic rings. The van der Waals surface area contributed by atoms with E-state index in [2.05, 4.69) is 53.4 Å². The number of imide groups is 1. The summed E-state index contributed by atoms with van der Waals surface area (Å²) in [6.45, 7) is 24.2. The van der Waals surface area contributed by atoms with Crippen molar-refractivity contribution in [1.29, 1.82) is 0 Å². The zero-order valence-corrected chi connectivity index (χ0v) is 45.1. The Kier molecular flexibility index (Phi) is 19.5. The quantitative estimate of drug-likeness (QED) is 0.0354. The summed E-state index contributed by atoms with van der Waals surface area (Å²) < 4.78 is 31.8. The van der Waals surface area contributed by atoms with E-state index in [4.69, 9.17) is 40.0 Å². The van der Waals surface area contributed by atoms with E-state index < -0.39 is 56.1 Å². The van der Waals surface area contributed by atoms with Crippen molar-refractivity contribution in [2.24, 2.45) is 17.3 Å². The molecule has 2 amide bonds. The molecule has 0 radical (unpaired) electrons. The van der Waals surface area contributed by atoms with Crippen LogP contribution >= 0.6 is 22.9 Å². The van der Waals surface area contributed by atoms with Gasteiger partial charge in [0.15, 0.2) is 8.32 Å². The van der Waals surface area contributed by atoms with E-state index in [0.29, 0.717) is 37.7 Å². The second-order valence-corrected chi connectivity index (χ2v) is 27.1. The second kappa shape index (κ2) is 24.4. The Bertz CT molecular complexity index is 2450. The number of Topliss-reactive ketones (excluding diaryl/α,β-unsaturated/α-hetero) is 1. The van der Waals surface area contributed by atoms with Crippen molar-refractivity contribution in [3.05, 3.63) is 94.0 Å². The Morgan fingerprint density at radius 2 is 1.74 bits per heavy atom. The molecule has 0 saturated heterocycles. The Hall–Kier alpha value is -4.96. The lowest BCUT2D eigenvalue weighted by Crippen LogP contribution is -2.53. The number of benzene rings is 2. The first-order chi connectivity index (χ1) is 32.9. The van der Waals surface area contributed by atoms with Crippen LogP contribution in [0.2, 0.25) is 23.2 Å². The fraction of sp³-hybridized carbons (Fsp3) is 0.537. The summed E-state index contributed by atoms with van der Waals surface area (Å²) in [7, 11) is -2.61. The van der Waals surface area contributed by atoms with Gasteiger partial charge in [-0.05, 0) is 112 Å². The number of hydrogen-bond acceptors (Lipinski definition) is 13. The van der Waals surface area contributed by atoms with Crippen molar-refractivity contribution < 1.29 is 52.1 Å². The highest BCUT2D eigenvalue weighted by Crippen LogP contribution is 2.43. The number of aryl methyl sites for hydroxylation is 1. The number of esters is 2. The average molecular weight is 1020 g/mol. The lowest BCUT2D eigenvalue weighted by molar-refractivity contribution is -0.155. The van der Waals surface area contributed by atoms with Crippen LogP contribution < -0.4 is 4.74 Å². The van der Waals surface area contributed by atoms with Gasteiger partial charge in [0.2, 0.25) is 0 Å². The van der Waals surface area contributed by atoms with Crippen molar-refractivity contribution in [3.8, 4) is 5.75 Å². The summed E-state index contributed by atoms with van der Waals surface area (Å²) in [5.74, 6) is -2.89. The number of hydrogen-bond donors (Lipinski definition) is 0. The van der Waals surface area contributed by atoms with Gasteiger partial charge in [-0.25, -0.2) is 9.78 Å². The van der Waals surface area contributed by atoms with E-state index in [1.807, 2.05) is 32.0 Å². The first-order valence-corrected chi connectivity index (χ1v) is 28.4. The summed E-state index contributed by atoms with van der Waals surface area (Å²) in [4.78, 5) is 85.3. The molecule has 0 aliphatic carbocycles. The SMILES string of the molecule is C=CC[C@H]1C(=O)C(C)(C)[C@@H](O[Si](C)(C)C(C)(C)C)CC(=O)O[C@H](c2ccc3sc(C)nc3c2)CC=C(C)CCC[C@H](C)[C@@H]1OC(=O)OCc1ccc(OC(=O)CCCCCN2C(=O)C=CC2=O)c(Cl)c1. The maximum Gasteiger partial charge on any atom is 0.508 e. The van der Waals surface area contributed by atoms with E-state index in [0.717, 1.165) is 39.2 Å². The number of fused-ring (bicyclic) bond motifs is 1. The maximum atomic E-state index is 15.3. The topological polar surface area (TPSA) is 165 Å². The zero-order chi connectivity index (χ0) is 51.6. The molecule has 3 aromatic rings. The Labute approximate surface area is 423 Å².